The van der Waals surface area contributed by atoms with Gasteiger partial charge in [0.05, 0.1) is 6.61 Å². The van der Waals surface area contributed by atoms with E-state index in [1.807, 2.05) is 61.5 Å². The van der Waals surface area contributed by atoms with Gasteiger partial charge in [-0.2, -0.15) is 5.26 Å². The molecule has 134 valence electrons. The van der Waals surface area contributed by atoms with Crippen LogP contribution in [0.5, 0.6) is 5.75 Å². The number of hydrogen-bond acceptors (Lipinski definition) is 3. The third kappa shape index (κ3) is 5.49. The fourth-order valence-corrected chi connectivity index (χ4v) is 2.35. The first kappa shape index (κ1) is 19.3. The van der Waals surface area contributed by atoms with E-state index in [-0.39, 0.29) is 5.57 Å². The smallest absolute Gasteiger partial charge is 0.266 e. The Morgan fingerprint density at radius 1 is 1.15 bits per heavy atom. The van der Waals surface area contributed by atoms with Gasteiger partial charge in [0.25, 0.3) is 5.91 Å². The molecule has 1 amide bonds. The van der Waals surface area contributed by atoms with E-state index >= 15 is 0 Å². The molecule has 0 saturated carbocycles. The van der Waals surface area contributed by atoms with Gasteiger partial charge in [0.1, 0.15) is 17.4 Å². The maximum atomic E-state index is 12.3. The fraction of sp³-hybridized carbons (Fsp3) is 0.273. The number of nitrogens with one attached hydrogen (secondary N) is 1. The number of benzene rings is 2. The van der Waals surface area contributed by atoms with Crippen LogP contribution >= 0.6 is 0 Å². The summed E-state index contributed by atoms with van der Waals surface area (Å²) in [5.74, 6) is 0.784. The lowest BCUT2D eigenvalue weighted by Crippen LogP contribution is -2.13. The molecule has 0 heterocycles. The number of carbonyl (C=O) groups is 1. The van der Waals surface area contributed by atoms with Gasteiger partial charge in [-0.25, -0.2) is 0 Å². The van der Waals surface area contributed by atoms with Gasteiger partial charge in [-0.05, 0) is 53.8 Å². The van der Waals surface area contributed by atoms with Crippen LogP contribution in [0.25, 0.3) is 6.08 Å². The highest BCUT2D eigenvalue weighted by molar-refractivity contribution is 6.09. The average molecular weight is 348 g/mol. The lowest BCUT2D eigenvalue weighted by molar-refractivity contribution is -0.112. The summed E-state index contributed by atoms with van der Waals surface area (Å²) >= 11 is 0. The van der Waals surface area contributed by atoms with E-state index in [1.54, 1.807) is 6.08 Å². The molecule has 0 spiro atoms. The molecule has 0 aliphatic carbocycles. The maximum absolute atomic E-state index is 12.3. The van der Waals surface area contributed by atoms with Gasteiger partial charge in [0, 0.05) is 5.69 Å². The Hall–Kier alpha value is -3.06. The van der Waals surface area contributed by atoms with Crippen molar-refractivity contribution in [2.75, 3.05) is 11.9 Å². The molecule has 0 aromatic heterocycles. The summed E-state index contributed by atoms with van der Waals surface area (Å²) in [7, 11) is 0. The molecule has 2 aromatic carbocycles. The van der Waals surface area contributed by atoms with Crippen molar-refractivity contribution in [2.24, 2.45) is 0 Å². The Labute approximate surface area is 155 Å². The second kappa shape index (κ2) is 9.43. The van der Waals surface area contributed by atoms with Crippen molar-refractivity contribution in [1.29, 1.82) is 5.26 Å². The van der Waals surface area contributed by atoms with E-state index in [4.69, 9.17) is 4.74 Å². The van der Waals surface area contributed by atoms with Crippen molar-refractivity contribution in [3.8, 4) is 11.8 Å². The molecular weight excluding hydrogens is 324 g/mol. The summed E-state index contributed by atoms with van der Waals surface area (Å²) in [4.78, 5) is 12.3. The lowest BCUT2D eigenvalue weighted by atomic mass is 10.0. The van der Waals surface area contributed by atoms with Gasteiger partial charge in [-0.1, -0.05) is 45.0 Å². The number of amides is 1. The summed E-state index contributed by atoms with van der Waals surface area (Å²) in [6.45, 7) is 6.94. The molecule has 0 aliphatic heterocycles. The Morgan fingerprint density at radius 2 is 1.81 bits per heavy atom. The molecule has 26 heavy (non-hydrogen) atoms. The largest absolute Gasteiger partial charge is 0.494 e. The Kier molecular flexibility index (Phi) is 6.99. The standard InChI is InChI=1S/C22H24N2O2/c1-4-13-26-21-11-5-17(6-12-21)14-19(15-23)22(25)24-20-9-7-18(8-10-20)16(2)3/h5-12,14,16H,4,13H2,1-3H3,(H,24,25)/b19-14+. The summed E-state index contributed by atoms with van der Waals surface area (Å²) in [6, 6.07) is 16.9. The van der Waals surface area contributed by atoms with Crippen LogP contribution in [0.15, 0.2) is 54.1 Å². The minimum Gasteiger partial charge on any atom is -0.494 e. The van der Waals surface area contributed by atoms with Gasteiger partial charge in [0.15, 0.2) is 0 Å². The second-order valence-electron chi connectivity index (χ2n) is 6.32. The molecule has 4 nitrogen and oxygen atoms in total. The predicted octanol–water partition coefficient (Wildman–Crippen LogP) is 5.14. The van der Waals surface area contributed by atoms with Crippen LogP contribution in [0.1, 0.15) is 44.2 Å². The van der Waals surface area contributed by atoms with Crippen molar-refractivity contribution in [1.82, 2.24) is 0 Å². The van der Waals surface area contributed by atoms with Crippen molar-refractivity contribution in [3.05, 3.63) is 65.2 Å². The molecule has 0 atom stereocenters. The molecule has 0 saturated heterocycles. The van der Waals surface area contributed by atoms with Crippen LogP contribution in [0.3, 0.4) is 0 Å². The van der Waals surface area contributed by atoms with E-state index in [1.165, 1.54) is 5.56 Å². The van der Waals surface area contributed by atoms with Gasteiger partial charge in [-0.15, -0.1) is 0 Å². The van der Waals surface area contributed by atoms with E-state index in [0.717, 1.165) is 17.7 Å². The van der Waals surface area contributed by atoms with Gasteiger partial charge in [-0.3, -0.25) is 4.79 Å². The first-order valence-electron chi connectivity index (χ1n) is 8.79. The number of carbonyl (C=O) groups excluding carboxylic acids is 1. The Bertz CT molecular complexity index is 798. The molecule has 0 radical (unpaired) electrons. The number of rotatable bonds is 7. The predicted molar refractivity (Wildman–Crippen MR) is 105 cm³/mol. The molecule has 1 N–H and O–H groups in total. The van der Waals surface area contributed by atoms with Crippen molar-refractivity contribution < 1.29 is 9.53 Å². The first-order valence-corrected chi connectivity index (χ1v) is 8.79. The summed E-state index contributed by atoms with van der Waals surface area (Å²) in [6.07, 6.45) is 2.51. The van der Waals surface area contributed by atoms with E-state index in [2.05, 4.69) is 19.2 Å². The lowest BCUT2D eigenvalue weighted by Gasteiger charge is -2.08. The third-order valence-electron chi connectivity index (χ3n) is 3.86. The first-order chi connectivity index (χ1) is 12.5. The van der Waals surface area contributed by atoms with E-state index in [0.29, 0.717) is 18.2 Å². The SMILES string of the molecule is CCCOc1ccc(/C=C(\C#N)C(=O)Nc2ccc(C(C)C)cc2)cc1. The Morgan fingerprint density at radius 3 is 2.35 bits per heavy atom. The van der Waals surface area contributed by atoms with Crippen LogP contribution < -0.4 is 10.1 Å². The van der Waals surface area contributed by atoms with Crippen LogP contribution in [0, 0.1) is 11.3 Å². The zero-order chi connectivity index (χ0) is 18.9. The normalized spacial score (nSPS) is 11.1. The molecule has 0 bridgehead atoms. The average Bonchev–Trinajstić information content (AvgIpc) is 2.65. The van der Waals surface area contributed by atoms with Crippen LogP contribution in [0.4, 0.5) is 5.69 Å². The summed E-state index contributed by atoms with van der Waals surface area (Å²) in [5, 5.41) is 12.1. The number of nitriles is 1. The van der Waals surface area contributed by atoms with E-state index < -0.39 is 5.91 Å². The molecule has 2 aromatic rings. The maximum Gasteiger partial charge on any atom is 0.266 e. The summed E-state index contributed by atoms with van der Waals surface area (Å²) in [5.41, 5.74) is 2.70. The van der Waals surface area contributed by atoms with Crippen molar-refractivity contribution in [3.63, 3.8) is 0 Å². The zero-order valence-corrected chi connectivity index (χ0v) is 15.5. The number of anilines is 1. The molecule has 0 fully saturated rings. The fourth-order valence-electron chi connectivity index (χ4n) is 2.35. The Balaban J connectivity index is 2.07. The number of nitrogens with zero attached hydrogens (tertiary/aromatic N) is 1. The minimum absolute atomic E-state index is 0.0557. The quantitative estimate of drug-likeness (QED) is 0.556. The minimum atomic E-state index is -0.420. The topological polar surface area (TPSA) is 62.1 Å². The van der Waals surface area contributed by atoms with Crippen LogP contribution in [-0.2, 0) is 4.79 Å². The highest BCUT2D eigenvalue weighted by Gasteiger charge is 2.10. The second-order valence-corrected chi connectivity index (χ2v) is 6.32. The van der Waals surface area contributed by atoms with E-state index in [9.17, 15) is 10.1 Å². The highest BCUT2D eigenvalue weighted by Crippen LogP contribution is 2.18. The van der Waals surface area contributed by atoms with Crippen LogP contribution in [-0.4, -0.2) is 12.5 Å². The van der Waals surface area contributed by atoms with Gasteiger partial charge in [0.2, 0.25) is 0 Å². The van der Waals surface area contributed by atoms with Gasteiger partial charge >= 0.3 is 0 Å². The van der Waals surface area contributed by atoms with Gasteiger partial charge < -0.3 is 10.1 Å². The molecule has 4 heteroatoms. The molecule has 0 unspecified atom stereocenters. The highest BCUT2D eigenvalue weighted by atomic mass is 16.5. The monoisotopic (exact) mass is 348 g/mol. The summed E-state index contributed by atoms with van der Waals surface area (Å²) < 4.78 is 5.53. The van der Waals surface area contributed by atoms with Crippen LogP contribution in [0.2, 0.25) is 0 Å². The number of ether oxygens (including phenoxy) is 1. The third-order valence-corrected chi connectivity index (χ3v) is 3.86. The number of hydrogen-bond donors (Lipinski definition) is 1. The molecule has 0 aliphatic rings. The van der Waals surface area contributed by atoms with Crippen molar-refractivity contribution in [2.45, 2.75) is 33.1 Å². The van der Waals surface area contributed by atoms with Crippen molar-refractivity contribution >= 4 is 17.7 Å². The zero-order valence-electron chi connectivity index (χ0n) is 15.5. The molecule has 2 rings (SSSR count). The molecular formula is C22H24N2O2.